The number of hydrogen-bond acceptors (Lipinski definition) is 3. The Bertz CT molecular complexity index is 908. The Labute approximate surface area is 151 Å². The van der Waals surface area contributed by atoms with Gasteiger partial charge in [0.15, 0.2) is 0 Å². The number of anilines is 1. The van der Waals surface area contributed by atoms with E-state index in [0.717, 1.165) is 24.4 Å². The minimum atomic E-state index is -0.422. The molecule has 1 aliphatic rings. The summed E-state index contributed by atoms with van der Waals surface area (Å²) in [6.07, 6.45) is 2.60. The topological polar surface area (TPSA) is 45.5 Å². The van der Waals surface area contributed by atoms with Crippen molar-refractivity contribution >= 4 is 11.6 Å². The lowest BCUT2D eigenvalue weighted by atomic mass is 10.1. The van der Waals surface area contributed by atoms with Gasteiger partial charge in [-0.05, 0) is 48.4 Å². The highest BCUT2D eigenvalue weighted by Crippen LogP contribution is 2.34. The fraction of sp³-hybridized carbons (Fsp3) is 0.190. The summed E-state index contributed by atoms with van der Waals surface area (Å²) in [5, 5.41) is 2.91. The molecule has 0 saturated heterocycles. The van der Waals surface area contributed by atoms with Gasteiger partial charge >= 0.3 is 0 Å². The summed E-state index contributed by atoms with van der Waals surface area (Å²) in [5.74, 6) is 0.0727. The van der Waals surface area contributed by atoms with Gasteiger partial charge in [0, 0.05) is 24.3 Å². The van der Waals surface area contributed by atoms with Crippen molar-refractivity contribution in [1.82, 2.24) is 5.32 Å². The van der Waals surface area contributed by atoms with E-state index in [-0.39, 0.29) is 11.9 Å². The molecule has 26 heavy (non-hydrogen) atoms. The molecule has 1 N–H and O–H groups in total. The Morgan fingerprint density at radius 2 is 2.04 bits per heavy atom. The molecule has 132 valence electrons. The quantitative estimate of drug-likeness (QED) is 0.758. The monoisotopic (exact) mass is 350 g/mol. The molecule has 0 bridgehead atoms. The van der Waals surface area contributed by atoms with Crippen LogP contribution in [0.3, 0.4) is 0 Å². The number of rotatable bonds is 5. The molecule has 1 atom stereocenters. The number of furan rings is 1. The molecule has 5 heteroatoms. The van der Waals surface area contributed by atoms with Gasteiger partial charge in [0.1, 0.15) is 17.6 Å². The van der Waals surface area contributed by atoms with Gasteiger partial charge < -0.3 is 14.6 Å². The molecule has 1 aromatic heterocycles. The summed E-state index contributed by atoms with van der Waals surface area (Å²) in [5.41, 5.74) is 2.76. The lowest BCUT2D eigenvalue weighted by Crippen LogP contribution is -2.37. The van der Waals surface area contributed by atoms with E-state index in [1.165, 1.54) is 23.8 Å². The standard InChI is InChI=1S/C21H19FN2O2/c22-17-7-3-6-16(13-17)21(25)23-14-19(20-9-4-12-26-20)24-11-10-15-5-1-2-8-18(15)24/h1-9,12-13,19H,10-11,14H2,(H,23,25)/t19-/m1/s1. The van der Waals surface area contributed by atoms with Gasteiger partial charge in [0.2, 0.25) is 0 Å². The first-order valence-corrected chi connectivity index (χ1v) is 8.64. The van der Waals surface area contributed by atoms with Gasteiger partial charge in [-0.25, -0.2) is 4.39 Å². The molecule has 0 aliphatic carbocycles. The minimum absolute atomic E-state index is 0.119. The third-order valence-electron chi connectivity index (χ3n) is 4.71. The number of hydrogen-bond donors (Lipinski definition) is 1. The van der Waals surface area contributed by atoms with Gasteiger partial charge in [-0.3, -0.25) is 4.79 Å². The van der Waals surface area contributed by atoms with Crippen LogP contribution in [-0.4, -0.2) is 19.0 Å². The Morgan fingerprint density at radius 3 is 2.85 bits per heavy atom. The van der Waals surface area contributed by atoms with Crippen molar-refractivity contribution in [2.45, 2.75) is 12.5 Å². The molecule has 4 nitrogen and oxygen atoms in total. The number of fused-ring (bicyclic) bond motifs is 1. The molecule has 0 unspecified atom stereocenters. The highest BCUT2D eigenvalue weighted by atomic mass is 19.1. The van der Waals surface area contributed by atoms with E-state index >= 15 is 0 Å². The number of carbonyl (C=O) groups is 1. The van der Waals surface area contributed by atoms with Gasteiger partial charge in [-0.2, -0.15) is 0 Å². The van der Waals surface area contributed by atoms with Gasteiger partial charge in [-0.15, -0.1) is 0 Å². The Balaban J connectivity index is 1.55. The van der Waals surface area contributed by atoms with Crippen molar-refractivity contribution in [3.63, 3.8) is 0 Å². The zero-order chi connectivity index (χ0) is 17.9. The maximum Gasteiger partial charge on any atom is 0.251 e. The predicted octanol–water partition coefficient (Wildman–Crippen LogP) is 3.95. The second kappa shape index (κ2) is 7.04. The number of nitrogens with one attached hydrogen (secondary N) is 1. The second-order valence-electron chi connectivity index (χ2n) is 6.32. The number of amides is 1. The Kier molecular flexibility index (Phi) is 4.44. The average molecular weight is 350 g/mol. The summed E-state index contributed by atoms with van der Waals surface area (Å²) in [6, 6.07) is 17.6. The summed E-state index contributed by atoms with van der Waals surface area (Å²) < 4.78 is 19.0. The SMILES string of the molecule is O=C(NC[C@H](c1ccco1)N1CCc2ccccc21)c1cccc(F)c1. The predicted molar refractivity (Wildman–Crippen MR) is 97.7 cm³/mol. The van der Waals surface area contributed by atoms with Crippen LogP contribution < -0.4 is 10.2 Å². The van der Waals surface area contributed by atoms with Crippen LogP contribution in [0.4, 0.5) is 10.1 Å². The molecule has 0 fully saturated rings. The van der Waals surface area contributed by atoms with E-state index in [2.05, 4.69) is 22.3 Å². The zero-order valence-electron chi connectivity index (χ0n) is 14.2. The van der Waals surface area contributed by atoms with Crippen molar-refractivity contribution in [3.8, 4) is 0 Å². The molecular weight excluding hydrogens is 331 g/mol. The number of para-hydroxylation sites is 1. The van der Waals surface area contributed by atoms with Gasteiger partial charge in [-0.1, -0.05) is 24.3 Å². The molecule has 1 amide bonds. The summed E-state index contributed by atoms with van der Waals surface area (Å²) in [6.45, 7) is 1.23. The molecule has 0 saturated carbocycles. The van der Waals surface area contributed by atoms with Crippen molar-refractivity contribution in [2.75, 3.05) is 18.0 Å². The number of benzene rings is 2. The van der Waals surface area contributed by atoms with Crippen LogP contribution in [-0.2, 0) is 6.42 Å². The molecule has 0 radical (unpaired) electrons. The van der Waals surface area contributed by atoms with Crippen LogP contribution in [0.15, 0.2) is 71.3 Å². The smallest absolute Gasteiger partial charge is 0.251 e. The van der Waals surface area contributed by atoms with Crippen molar-refractivity contribution in [3.05, 3.63) is 89.6 Å². The third kappa shape index (κ3) is 3.20. The fourth-order valence-corrected chi connectivity index (χ4v) is 3.45. The lowest BCUT2D eigenvalue weighted by Gasteiger charge is -2.29. The van der Waals surface area contributed by atoms with Gasteiger partial charge in [0.25, 0.3) is 5.91 Å². The maximum atomic E-state index is 13.4. The first-order valence-electron chi connectivity index (χ1n) is 8.64. The van der Waals surface area contributed by atoms with Crippen molar-refractivity contribution in [1.29, 1.82) is 0 Å². The molecule has 2 aromatic carbocycles. The number of carbonyl (C=O) groups excluding carboxylic acids is 1. The van der Waals surface area contributed by atoms with Crippen LogP contribution in [0.2, 0.25) is 0 Å². The average Bonchev–Trinajstić information content (AvgIpc) is 3.32. The molecule has 3 aromatic rings. The van der Waals surface area contributed by atoms with E-state index in [1.807, 2.05) is 24.3 Å². The van der Waals surface area contributed by atoms with Crippen molar-refractivity contribution in [2.24, 2.45) is 0 Å². The van der Waals surface area contributed by atoms with E-state index in [9.17, 15) is 9.18 Å². The van der Waals surface area contributed by atoms with Crippen LogP contribution in [0, 0.1) is 5.82 Å². The first kappa shape index (κ1) is 16.4. The van der Waals surface area contributed by atoms with Crippen LogP contribution >= 0.6 is 0 Å². The fourth-order valence-electron chi connectivity index (χ4n) is 3.45. The molecule has 4 rings (SSSR count). The molecular formula is C21H19FN2O2. The Morgan fingerprint density at radius 1 is 1.15 bits per heavy atom. The van der Waals surface area contributed by atoms with Gasteiger partial charge in [0.05, 0.1) is 6.26 Å². The van der Waals surface area contributed by atoms with E-state index in [4.69, 9.17) is 4.42 Å². The second-order valence-corrected chi connectivity index (χ2v) is 6.32. The molecule has 2 heterocycles. The normalized spacial score (nSPS) is 14.1. The molecule has 0 spiro atoms. The van der Waals surface area contributed by atoms with Crippen LogP contribution in [0.5, 0.6) is 0 Å². The van der Waals surface area contributed by atoms with Crippen LogP contribution in [0.25, 0.3) is 0 Å². The van der Waals surface area contributed by atoms with Crippen LogP contribution in [0.1, 0.15) is 27.7 Å². The van der Waals surface area contributed by atoms with E-state index in [0.29, 0.717) is 12.1 Å². The molecule has 1 aliphatic heterocycles. The number of halogens is 1. The summed E-state index contributed by atoms with van der Waals surface area (Å²) in [7, 11) is 0. The first-order chi connectivity index (χ1) is 12.7. The van der Waals surface area contributed by atoms with E-state index < -0.39 is 5.82 Å². The third-order valence-corrected chi connectivity index (χ3v) is 4.71. The zero-order valence-corrected chi connectivity index (χ0v) is 14.2. The summed E-state index contributed by atoms with van der Waals surface area (Å²) in [4.78, 5) is 14.7. The highest BCUT2D eigenvalue weighted by molar-refractivity contribution is 5.94. The van der Waals surface area contributed by atoms with Crippen molar-refractivity contribution < 1.29 is 13.6 Å². The maximum absolute atomic E-state index is 13.4. The Hall–Kier alpha value is -3.08. The lowest BCUT2D eigenvalue weighted by molar-refractivity contribution is 0.0949. The number of nitrogens with zero attached hydrogens (tertiary/aromatic N) is 1. The largest absolute Gasteiger partial charge is 0.467 e. The summed E-state index contributed by atoms with van der Waals surface area (Å²) >= 11 is 0. The van der Waals surface area contributed by atoms with E-state index in [1.54, 1.807) is 12.3 Å². The minimum Gasteiger partial charge on any atom is -0.467 e. The highest BCUT2D eigenvalue weighted by Gasteiger charge is 2.29.